The van der Waals surface area contributed by atoms with Gasteiger partial charge in [-0.2, -0.15) is 0 Å². The summed E-state index contributed by atoms with van der Waals surface area (Å²) in [6.07, 6.45) is 0.836. The van der Waals surface area contributed by atoms with Gasteiger partial charge in [0.05, 0.1) is 11.6 Å². The molecule has 2 aliphatic rings. The molecule has 24 heavy (non-hydrogen) atoms. The molecule has 1 N–H and O–H groups in total. The molecule has 1 aromatic rings. The van der Waals surface area contributed by atoms with Gasteiger partial charge in [0.15, 0.2) is 0 Å². The smallest absolute Gasteiger partial charge is 0.255 e. The first-order valence-electron chi connectivity index (χ1n) is 8.51. The van der Waals surface area contributed by atoms with Crippen LogP contribution in [0.5, 0.6) is 0 Å². The van der Waals surface area contributed by atoms with Gasteiger partial charge in [0.2, 0.25) is 5.91 Å². The number of thioether (sulfide) groups is 1. The van der Waals surface area contributed by atoms with E-state index in [2.05, 4.69) is 5.32 Å². The SMILES string of the molecule is Cc1cc(C(=O)N2CCCN(C(=O)C3CSCN3)CC2)c(C)n1C. The number of nitrogens with zero attached hydrogens (tertiary/aromatic N) is 3. The van der Waals surface area contributed by atoms with Crippen molar-refractivity contribution in [2.75, 3.05) is 37.8 Å². The normalized spacial score (nSPS) is 21.9. The van der Waals surface area contributed by atoms with Crippen LogP contribution in [0.1, 0.15) is 28.2 Å². The fourth-order valence-electron chi connectivity index (χ4n) is 3.36. The molecule has 7 heteroatoms. The number of aryl methyl sites for hydroxylation is 1. The third-order valence-electron chi connectivity index (χ3n) is 5.11. The Balaban J connectivity index is 1.65. The molecule has 1 unspecified atom stereocenters. The molecule has 0 bridgehead atoms. The summed E-state index contributed by atoms with van der Waals surface area (Å²) in [6, 6.07) is 1.90. The minimum atomic E-state index is -0.0590. The zero-order chi connectivity index (χ0) is 17.3. The molecule has 0 radical (unpaired) electrons. The quantitative estimate of drug-likeness (QED) is 0.864. The number of hydrogen-bond acceptors (Lipinski definition) is 4. The van der Waals surface area contributed by atoms with E-state index in [1.54, 1.807) is 11.8 Å². The van der Waals surface area contributed by atoms with Crippen LogP contribution < -0.4 is 5.32 Å². The van der Waals surface area contributed by atoms with Crippen molar-refractivity contribution >= 4 is 23.6 Å². The highest BCUT2D eigenvalue weighted by atomic mass is 32.2. The standard InChI is InChI=1S/C17H26N4O2S/c1-12-9-14(13(2)19(12)3)16(22)20-5-4-6-21(8-7-20)17(23)15-10-24-11-18-15/h9,15,18H,4-8,10-11H2,1-3H3. The fraction of sp³-hybridized carbons (Fsp3) is 0.647. The molecule has 2 fully saturated rings. The minimum absolute atomic E-state index is 0.0590. The van der Waals surface area contributed by atoms with E-state index in [0.717, 1.165) is 41.5 Å². The lowest BCUT2D eigenvalue weighted by Gasteiger charge is -2.24. The second-order valence-corrected chi connectivity index (χ2v) is 7.62. The van der Waals surface area contributed by atoms with Crippen LogP contribution in [0, 0.1) is 13.8 Å². The summed E-state index contributed by atoms with van der Waals surface area (Å²) >= 11 is 1.76. The number of carbonyl (C=O) groups is 2. The van der Waals surface area contributed by atoms with Crippen LogP contribution >= 0.6 is 11.8 Å². The van der Waals surface area contributed by atoms with Crippen LogP contribution in [0.2, 0.25) is 0 Å². The summed E-state index contributed by atoms with van der Waals surface area (Å²) in [6.45, 7) is 6.67. The summed E-state index contributed by atoms with van der Waals surface area (Å²) < 4.78 is 2.05. The third kappa shape index (κ3) is 3.32. The van der Waals surface area contributed by atoms with Gasteiger partial charge in [-0.3, -0.25) is 14.9 Å². The van der Waals surface area contributed by atoms with Crippen LogP contribution in [-0.4, -0.2) is 70.0 Å². The largest absolute Gasteiger partial charge is 0.351 e. The van der Waals surface area contributed by atoms with Gasteiger partial charge in [-0.25, -0.2) is 0 Å². The van der Waals surface area contributed by atoms with E-state index in [1.165, 1.54) is 0 Å². The summed E-state index contributed by atoms with van der Waals surface area (Å²) in [5.41, 5.74) is 2.87. The Labute approximate surface area is 147 Å². The molecule has 0 saturated carbocycles. The van der Waals surface area contributed by atoms with Gasteiger partial charge in [0, 0.05) is 56.2 Å². The van der Waals surface area contributed by atoms with Crippen LogP contribution in [-0.2, 0) is 11.8 Å². The Morgan fingerprint density at radius 2 is 1.88 bits per heavy atom. The molecule has 3 heterocycles. The number of nitrogens with one attached hydrogen (secondary N) is 1. The maximum Gasteiger partial charge on any atom is 0.255 e. The highest BCUT2D eigenvalue weighted by Crippen LogP contribution is 2.18. The zero-order valence-electron chi connectivity index (χ0n) is 14.7. The molecule has 1 atom stereocenters. The monoisotopic (exact) mass is 350 g/mol. The lowest BCUT2D eigenvalue weighted by atomic mass is 10.2. The topological polar surface area (TPSA) is 57.6 Å². The van der Waals surface area contributed by atoms with Crippen LogP contribution in [0.15, 0.2) is 6.07 Å². The summed E-state index contributed by atoms with van der Waals surface area (Å²) in [4.78, 5) is 29.2. The molecule has 132 valence electrons. The van der Waals surface area contributed by atoms with Crippen molar-refractivity contribution in [3.8, 4) is 0 Å². The summed E-state index contributed by atoms with van der Waals surface area (Å²) in [5, 5.41) is 3.24. The van der Waals surface area contributed by atoms with Crippen LogP contribution in [0.3, 0.4) is 0 Å². The van der Waals surface area contributed by atoms with E-state index in [4.69, 9.17) is 0 Å². The Morgan fingerprint density at radius 1 is 1.17 bits per heavy atom. The Hall–Kier alpha value is -1.47. The van der Waals surface area contributed by atoms with E-state index in [1.807, 2.05) is 41.3 Å². The summed E-state index contributed by atoms with van der Waals surface area (Å²) in [5.74, 6) is 1.96. The highest BCUT2D eigenvalue weighted by Gasteiger charge is 2.30. The maximum atomic E-state index is 12.9. The molecule has 0 aliphatic carbocycles. The van der Waals surface area contributed by atoms with E-state index >= 15 is 0 Å². The molecular weight excluding hydrogens is 324 g/mol. The first-order chi connectivity index (χ1) is 11.5. The number of rotatable bonds is 2. The molecule has 2 aliphatic heterocycles. The van der Waals surface area contributed by atoms with Crippen molar-refractivity contribution < 1.29 is 9.59 Å². The highest BCUT2D eigenvalue weighted by molar-refractivity contribution is 7.99. The van der Waals surface area contributed by atoms with Crippen molar-refractivity contribution in [1.82, 2.24) is 19.7 Å². The van der Waals surface area contributed by atoms with Gasteiger partial charge in [0.25, 0.3) is 5.91 Å². The van der Waals surface area contributed by atoms with Crippen molar-refractivity contribution in [2.24, 2.45) is 7.05 Å². The maximum absolute atomic E-state index is 12.9. The van der Waals surface area contributed by atoms with E-state index < -0.39 is 0 Å². The van der Waals surface area contributed by atoms with Crippen molar-refractivity contribution in [3.63, 3.8) is 0 Å². The molecule has 6 nitrogen and oxygen atoms in total. The Kier molecular flexibility index (Phi) is 5.20. The molecule has 2 amide bonds. The zero-order valence-corrected chi connectivity index (χ0v) is 15.5. The van der Waals surface area contributed by atoms with Gasteiger partial charge in [-0.1, -0.05) is 0 Å². The fourth-order valence-corrected chi connectivity index (χ4v) is 4.29. The second kappa shape index (κ2) is 7.19. The average Bonchev–Trinajstić information content (AvgIpc) is 3.11. The van der Waals surface area contributed by atoms with E-state index in [0.29, 0.717) is 19.6 Å². The Bertz CT molecular complexity index is 637. The van der Waals surface area contributed by atoms with Crippen LogP contribution in [0.4, 0.5) is 0 Å². The van der Waals surface area contributed by atoms with Gasteiger partial charge < -0.3 is 14.4 Å². The van der Waals surface area contributed by atoms with Crippen molar-refractivity contribution in [1.29, 1.82) is 0 Å². The van der Waals surface area contributed by atoms with E-state index in [9.17, 15) is 9.59 Å². The average molecular weight is 350 g/mol. The lowest BCUT2D eigenvalue weighted by Crippen LogP contribution is -2.46. The number of amides is 2. The number of hydrogen-bond donors (Lipinski definition) is 1. The van der Waals surface area contributed by atoms with Gasteiger partial charge in [-0.15, -0.1) is 11.8 Å². The molecule has 1 aromatic heterocycles. The first kappa shape index (κ1) is 17.4. The third-order valence-corrected chi connectivity index (χ3v) is 6.05. The minimum Gasteiger partial charge on any atom is -0.351 e. The van der Waals surface area contributed by atoms with Gasteiger partial charge in [-0.05, 0) is 26.3 Å². The van der Waals surface area contributed by atoms with Crippen LogP contribution in [0.25, 0.3) is 0 Å². The van der Waals surface area contributed by atoms with Gasteiger partial charge >= 0.3 is 0 Å². The predicted molar refractivity (Wildman–Crippen MR) is 96.2 cm³/mol. The molecule has 3 rings (SSSR count). The Morgan fingerprint density at radius 3 is 2.50 bits per heavy atom. The molecular formula is C17H26N4O2S. The lowest BCUT2D eigenvalue weighted by molar-refractivity contribution is -0.132. The number of aromatic nitrogens is 1. The second-order valence-electron chi connectivity index (χ2n) is 6.59. The van der Waals surface area contributed by atoms with Gasteiger partial charge in [0.1, 0.15) is 0 Å². The van der Waals surface area contributed by atoms with Crippen molar-refractivity contribution in [3.05, 3.63) is 23.0 Å². The summed E-state index contributed by atoms with van der Waals surface area (Å²) in [7, 11) is 1.98. The van der Waals surface area contributed by atoms with E-state index in [-0.39, 0.29) is 17.9 Å². The molecule has 0 aromatic carbocycles. The molecule has 2 saturated heterocycles. The number of carbonyl (C=O) groups excluding carboxylic acids is 2. The molecule has 0 spiro atoms. The predicted octanol–water partition coefficient (Wildman–Crippen LogP) is 0.979. The first-order valence-corrected chi connectivity index (χ1v) is 9.66. The van der Waals surface area contributed by atoms with Crippen molar-refractivity contribution in [2.45, 2.75) is 26.3 Å².